The Hall–Kier alpha value is -2.34. The van der Waals surface area contributed by atoms with E-state index >= 15 is 0 Å². The van der Waals surface area contributed by atoms with Gasteiger partial charge in [-0.05, 0) is 44.5 Å². The number of likely N-dealkylation sites (tertiary alicyclic amines) is 1. The second-order valence-corrected chi connectivity index (χ2v) is 6.81. The predicted molar refractivity (Wildman–Crippen MR) is 94.1 cm³/mol. The summed E-state index contributed by atoms with van der Waals surface area (Å²) in [6.07, 6.45) is 0.751. The van der Waals surface area contributed by atoms with Crippen LogP contribution in [0, 0.1) is 19.8 Å². The average Bonchev–Trinajstić information content (AvgIpc) is 3.17. The van der Waals surface area contributed by atoms with Crippen LogP contribution >= 0.6 is 11.6 Å². The van der Waals surface area contributed by atoms with Crippen LogP contribution in [0.5, 0.6) is 0 Å². The lowest BCUT2D eigenvalue weighted by Gasteiger charge is -2.16. The van der Waals surface area contributed by atoms with Crippen molar-refractivity contribution in [1.29, 1.82) is 0 Å². The molecule has 0 radical (unpaired) electrons. The first-order chi connectivity index (χ1) is 11.9. The second kappa shape index (κ2) is 6.88. The Labute approximate surface area is 151 Å². The topological polar surface area (TPSA) is 75.4 Å². The van der Waals surface area contributed by atoms with Gasteiger partial charge >= 0.3 is 5.97 Å². The fourth-order valence-electron chi connectivity index (χ4n) is 3.22. The lowest BCUT2D eigenvalue weighted by molar-refractivity contribution is -0.141. The lowest BCUT2D eigenvalue weighted by Crippen LogP contribution is -2.31. The van der Waals surface area contributed by atoms with Crippen LogP contribution in [0.25, 0.3) is 5.69 Å². The molecule has 6 nitrogen and oxygen atoms in total. The summed E-state index contributed by atoms with van der Waals surface area (Å²) in [6.45, 7) is 4.60. The van der Waals surface area contributed by atoms with Crippen LogP contribution in [-0.4, -0.2) is 44.8 Å². The third-order valence-electron chi connectivity index (χ3n) is 4.73. The van der Waals surface area contributed by atoms with Crippen molar-refractivity contribution in [3.05, 3.63) is 46.2 Å². The first kappa shape index (κ1) is 17.5. The van der Waals surface area contributed by atoms with Crippen molar-refractivity contribution in [2.75, 3.05) is 13.1 Å². The number of carboxylic acids is 1. The fourth-order valence-corrected chi connectivity index (χ4v) is 3.34. The molecule has 132 valence electrons. The number of hydrogen-bond acceptors (Lipinski definition) is 3. The molecule has 1 N–H and O–H groups in total. The third-order valence-corrected chi connectivity index (χ3v) is 4.98. The van der Waals surface area contributed by atoms with E-state index in [-0.39, 0.29) is 18.9 Å². The largest absolute Gasteiger partial charge is 0.481 e. The number of aliphatic carboxylic acids is 1. The first-order valence-electron chi connectivity index (χ1n) is 8.18. The van der Waals surface area contributed by atoms with Gasteiger partial charge in [0, 0.05) is 29.4 Å². The quantitative estimate of drug-likeness (QED) is 0.908. The van der Waals surface area contributed by atoms with Gasteiger partial charge in [-0.3, -0.25) is 9.59 Å². The van der Waals surface area contributed by atoms with E-state index in [0.717, 1.165) is 22.6 Å². The van der Waals surface area contributed by atoms with E-state index in [9.17, 15) is 9.59 Å². The van der Waals surface area contributed by atoms with Crippen molar-refractivity contribution < 1.29 is 14.7 Å². The Kier molecular flexibility index (Phi) is 4.81. The highest BCUT2D eigenvalue weighted by molar-refractivity contribution is 6.30. The first-order valence-corrected chi connectivity index (χ1v) is 8.56. The summed E-state index contributed by atoms with van der Waals surface area (Å²) in [6, 6.07) is 7.36. The molecule has 1 aromatic heterocycles. The number of rotatable bonds is 4. The number of benzene rings is 1. The molecule has 0 bridgehead atoms. The van der Waals surface area contributed by atoms with Gasteiger partial charge in [-0.25, -0.2) is 4.68 Å². The predicted octanol–water partition coefficient (Wildman–Crippen LogP) is 2.62. The molecule has 0 aliphatic carbocycles. The zero-order valence-electron chi connectivity index (χ0n) is 14.2. The molecule has 1 aromatic carbocycles. The maximum atomic E-state index is 12.6. The van der Waals surface area contributed by atoms with Gasteiger partial charge in [0.05, 0.1) is 23.7 Å². The Morgan fingerprint density at radius 3 is 2.56 bits per heavy atom. The molecule has 0 saturated carbocycles. The maximum Gasteiger partial charge on any atom is 0.308 e. The molecule has 2 aromatic rings. The molecule has 1 fully saturated rings. The van der Waals surface area contributed by atoms with Crippen LogP contribution in [0.4, 0.5) is 0 Å². The Morgan fingerprint density at radius 1 is 1.28 bits per heavy atom. The molecule has 0 spiro atoms. The SMILES string of the molecule is Cc1nn(-c2ccc(Cl)cc2)c(C)c1CC(=O)N1CCC(C(=O)O)C1. The summed E-state index contributed by atoms with van der Waals surface area (Å²) in [5.41, 5.74) is 3.48. The van der Waals surface area contributed by atoms with E-state index in [1.54, 1.807) is 21.7 Å². The molecule has 1 amide bonds. The molecule has 1 atom stereocenters. The fraction of sp³-hybridized carbons (Fsp3) is 0.389. The summed E-state index contributed by atoms with van der Waals surface area (Å²) in [7, 11) is 0. The number of aromatic nitrogens is 2. The van der Waals surface area contributed by atoms with Gasteiger partial charge in [-0.2, -0.15) is 5.10 Å². The van der Waals surface area contributed by atoms with Crippen LogP contribution in [0.1, 0.15) is 23.4 Å². The van der Waals surface area contributed by atoms with Gasteiger partial charge in [0.15, 0.2) is 0 Å². The second-order valence-electron chi connectivity index (χ2n) is 6.38. The maximum absolute atomic E-state index is 12.6. The van der Waals surface area contributed by atoms with Gasteiger partial charge in [0.25, 0.3) is 0 Å². The number of carboxylic acid groups (broad SMARTS) is 1. The van der Waals surface area contributed by atoms with Crippen molar-refractivity contribution >= 4 is 23.5 Å². The summed E-state index contributed by atoms with van der Waals surface area (Å²) in [5, 5.41) is 14.3. The Morgan fingerprint density at radius 2 is 1.96 bits per heavy atom. The monoisotopic (exact) mass is 361 g/mol. The van der Waals surface area contributed by atoms with E-state index in [1.165, 1.54) is 0 Å². The Bertz CT molecular complexity index is 814. The summed E-state index contributed by atoms with van der Waals surface area (Å²) >= 11 is 5.93. The van der Waals surface area contributed by atoms with Crippen molar-refractivity contribution in [1.82, 2.24) is 14.7 Å². The standard InChI is InChI=1S/C18H20ClN3O3/c1-11-16(9-17(23)21-8-7-13(10-21)18(24)25)12(2)22(20-11)15-5-3-14(19)4-6-15/h3-6,13H,7-10H2,1-2H3,(H,24,25). The highest BCUT2D eigenvalue weighted by atomic mass is 35.5. The molecule has 1 saturated heterocycles. The zero-order valence-corrected chi connectivity index (χ0v) is 15.0. The minimum absolute atomic E-state index is 0.0504. The number of carbonyl (C=O) groups is 2. The molecular weight excluding hydrogens is 342 g/mol. The van der Waals surface area contributed by atoms with Crippen LogP contribution in [0.3, 0.4) is 0 Å². The smallest absolute Gasteiger partial charge is 0.308 e. The normalized spacial score (nSPS) is 17.1. The zero-order chi connectivity index (χ0) is 18.1. The lowest BCUT2D eigenvalue weighted by atomic mass is 10.1. The number of hydrogen-bond donors (Lipinski definition) is 1. The van der Waals surface area contributed by atoms with Crippen LogP contribution < -0.4 is 0 Å². The number of halogens is 1. The molecule has 3 rings (SSSR count). The molecule has 2 heterocycles. The van der Waals surface area contributed by atoms with Gasteiger partial charge in [-0.15, -0.1) is 0 Å². The summed E-state index contributed by atoms with van der Waals surface area (Å²) in [5.74, 6) is -1.34. The number of aryl methyl sites for hydroxylation is 1. The molecule has 1 unspecified atom stereocenters. The van der Waals surface area contributed by atoms with Crippen molar-refractivity contribution in [3.63, 3.8) is 0 Å². The third kappa shape index (κ3) is 3.54. The molecule has 25 heavy (non-hydrogen) atoms. The molecular formula is C18H20ClN3O3. The minimum atomic E-state index is -0.835. The van der Waals surface area contributed by atoms with Gasteiger partial charge in [0.1, 0.15) is 0 Å². The molecule has 1 aliphatic rings. The highest BCUT2D eigenvalue weighted by Gasteiger charge is 2.31. The van der Waals surface area contributed by atoms with Gasteiger partial charge < -0.3 is 10.0 Å². The van der Waals surface area contributed by atoms with Crippen molar-refractivity contribution in [2.45, 2.75) is 26.7 Å². The van der Waals surface area contributed by atoms with E-state index in [2.05, 4.69) is 5.10 Å². The van der Waals surface area contributed by atoms with E-state index in [1.807, 2.05) is 26.0 Å². The van der Waals surface area contributed by atoms with E-state index in [0.29, 0.717) is 18.0 Å². The number of nitrogens with zero attached hydrogens (tertiary/aromatic N) is 3. The minimum Gasteiger partial charge on any atom is -0.481 e. The Balaban J connectivity index is 1.78. The van der Waals surface area contributed by atoms with Crippen LogP contribution in [0.15, 0.2) is 24.3 Å². The van der Waals surface area contributed by atoms with Gasteiger partial charge in [0.2, 0.25) is 5.91 Å². The van der Waals surface area contributed by atoms with Crippen molar-refractivity contribution in [3.8, 4) is 5.69 Å². The van der Waals surface area contributed by atoms with E-state index in [4.69, 9.17) is 16.7 Å². The van der Waals surface area contributed by atoms with Crippen LogP contribution in [-0.2, 0) is 16.0 Å². The van der Waals surface area contributed by atoms with E-state index < -0.39 is 11.9 Å². The number of amides is 1. The van der Waals surface area contributed by atoms with Crippen LogP contribution in [0.2, 0.25) is 5.02 Å². The summed E-state index contributed by atoms with van der Waals surface area (Å²) < 4.78 is 1.80. The number of carbonyl (C=O) groups excluding carboxylic acids is 1. The molecule has 7 heteroatoms. The van der Waals surface area contributed by atoms with Gasteiger partial charge in [-0.1, -0.05) is 11.6 Å². The molecule has 1 aliphatic heterocycles. The highest BCUT2D eigenvalue weighted by Crippen LogP contribution is 2.22. The van der Waals surface area contributed by atoms with Crippen molar-refractivity contribution in [2.24, 2.45) is 5.92 Å². The average molecular weight is 362 g/mol. The summed E-state index contributed by atoms with van der Waals surface area (Å²) in [4.78, 5) is 25.3.